The third-order valence-electron chi connectivity index (χ3n) is 4.42. The summed E-state index contributed by atoms with van der Waals surface area (Å²) in [5, 5.41) is 3.06. The Morgan fingerprint density at radius 1 is 1.17 bits per heavy atom. The number of anilines is 1. The van der Waals surface area contributed by atoms with E-state index in [2.05, 4.69) is 10.3 Å². The third kappa shape index (κ3) is 4.92. The van der Waals surface area contributed by atoms with Gasteiger partial charge in [-0.05, 0) is 49.7 Å². The molecule has 0 fully saturated rings. The Bertz CT molecular complexity index is 1160. The predicted octanol–water partition coefficient (Wildman–Crippen LogP) is 3.55. The van der Waals surface area contributed by atoms with Crippen molar-refractivity contribution in [2.75, 3.05) is 19.4 Å². The Balaban J connectivity index is 1.74. The van der Waals surface area contributed by atoms with Crippen molar-refractivity contribution in [3.05, 3.63) is 66.5 Å². The summed E-state index contributed by atoms with van der Waals surface area (Å²) in [7, 11) is -0.637. The third-order valence-corrected chi connectivity index (χ3v) is 7.31. The average Bonchev–Trinajstić information content (AvgIpc) is 3.16. The van der Waals surface area contributed by atoms with Crippen molar-refractivity contribution < 1.29 is 13.2 Å². The summed E-state index contributed by atoms with van der Waals surface area (Å²) in [6.07, 6.45) is 3.56. The fourth-order valence-electron chi connectivity index (χ4n) is 2.75. The number of hydrogen-bond acceptors (Lipinski definition) is 5. The van der Waals surface area contributed by atoms with E-state index in [0.29, 0.717) is 10.8 Å². The second kappa shape index (κ2) is 9.03. The van der Waals surface area contributed by atoms with Crippen LogP contribution in [0.2, 0.25) is 0 Å². The molecule has 0 radical (unpaired) electrons. The Kier molecular flexibility index (Phi) is 6.64. The Hall–Kier alpha value is -2.62. The van der Waals surface area contributed by atoms with Crippen LogP contribution in [0.1, 0.15) is 12.5 Å². The molecule has 1 heterocycles. The molecule has 1 amide bonds. The van der Waals surface area contributed by atoms with Crippen LogP contribution in [-0.4, -0.2) is 47.5 Å². The zero-order valence-electron chi connectivity index (χ0n) is 17.2. The van der Waals surface area contributed by atoms with Crippen LogP contribution in [0.15, 0.2) is 71.0 Å². The number of hydrogen-bond donors (Lipinski definition) is 1. The van der Waals surface area contributed by atoms with Crippen molar-refractivity contribution in [2.24, 2.45) is 0 Å². The molecule has 2 aromatic carbocycles. The highest BCUT2D eigenvalue weighted by Gasteiger charge is 2.20. The van der Waals surface area contributed by atoms with Gasteiger partial charge in [-0.3, -0.25) is 9.36 Å². The number of rotatable bonds is 7. The predicted molar refractivity (Wildman–Crippen MR) is 120 cm³/mol. The van der Waals surface area contributed by atoms with E-state index in [1.807, 2.05) is 42.0 Å². The molecule has 7 nitrogen and oxygen atoms in total. The van der Waals surface area contributed by atoms with Gasteiger partial charge in [0.25, 0.3) is 0 Å². The van der Waals surface area contributed by atoms with Gasteiger partial charge >= 0.3 is 0 Å². The minimum atomic E-state index is -3.57. The van der Waals surface area contributed by atoms with Crippen molar-refractivity contribution >= 4 is 33.4 Å². The lowest BCUT2D eigenvalue weighted by molar-refractivity contribution is -0.115. The number of benzene rings is 2. The van der Waals surface area contributed by atoms with Gasteiger partial charge in [-0.2, -0.15) is 0 Å². The molecular formula is C21H24N4O3S2. The van der Waals surface area contributed by atoms with Gasteiger partial charge in [-0.1, -0.05) is 30.0 Å². The zero-order chi connectivity index (χ0) is 21.9. The van der Waals surface area contributed by atoms with Crippen LogP contribution in [0.3, 0.4) is 0 Å². The minimum Gasteiger partial charge on any atom is -0.325 e. The van der Waals surface area contributed by atoms with Crippen LogP contribution >= 0.6 is 11.8 Å². The lowest BCUT2D eigenvalue weighted by atomic mass is 10.2. The van der Waals surface area contributed by atoms with E-state index in [1.54, 1.807) is 25.3 Å². The van der Waals surface area contributed by atoms with Gasteiger partial charge in [-0.25, -0.2) is 17.7 Å². The summed E-state index contributed by atoms with van der Waals surface area (Å²) in [5.41, 5.74) is 2.54. The van der Waals surface area contributed by atoms with Gasteiger partial charge in [0.2, 0.25) is 15.9 Å². The first kappa shape index (κ1) is 22.1. The number of aryl methyl sites for hydroxylation is 1. The molecule has 0 spiro atoms. The van der Waals surface area contributed by atoms with Crippen LogP contribution in [0.4, 0.5) is 5.69 Å². The first-order chi connectivity index (χ1) is 14.2. The fraction of sp³-hybridized carbons (Fsp3) is 0.238. The smallest absolute Gasteiger partial charge is 0.242 e. The van der Waals surface area contributed by atoms with E-state index >= 15 is 0 Å². The van der Waals surface area contributed by atoms with Crippen molar-refractivity contribution in [1.29, 1.82) is 0 Å². The number of thioether (sulfide) groups is 1. The number of carbonyl (C=O) groups excluding carboxylic acids is 1. The summed E-state index contributed by atoms with van der Waals surface area (Å²) in [6, 6.07) is 14.3. The monoisotopic (exact) mass is 444 g/mol. The van der Waals surface area contributed by atoms with Crippen LogP contribution in [-0.2, 0) is 14.8 Å². The number of carbonyl (C=O) groups is 1. The lowest BCUT2D eigenvalue weighted by Gasteiger charge is -2.15. The van der Waals surface area contributed by atoms with E-state index in [9.17, 15) is 13.2 Å². The number of aromatic nitrogens is 2. The van der Waals surface area contributed by atoms with E-state index in [1.165, 1.54) is 38.0 Å². The molecule has 1 atom stereocenters. The molecule has 1 unspecified atom stereocenters. The summed E-state index contributed by atoms with van der Waals surface area (Å²) in [6.45, 7) is 3.81. The summed E-state index contributed by atoms with van der Waals surface area (Å²) < 4.78 is 27.7. The Labute approximate surface area is 181 Å². The van der Waals surface area contributed by atoms with E-state index in [0.717, 1.165) is 15.6 Å². The number of amides is 1. The molecule has 30 heavy (non-hydrogen) atoms. The van der Waals surface area contributed by atoms with Crippen molar-refractivity contribution in [3.63, 3.8) is 0 Å². The average molecular weight is 445 g/mol. The first-order valence-corrected chi connectivity index (χ1v) is 11.6. The quantitative estimate of drug-likeness (QED) is 0.564. The maximum atomic E-state index is 12.7. The van der Waals surface area contributed by atoms with Crippen LogP contribution in [0, 0.1) is 6.92 Å². The van der Waals surface area contributed by atoms with Gasteiger partial charge < -0.3 is 5.32 Å². The highest BCUT2D eigenvalue weighted by atomic mass is 32.2. The maximum absolute atomic E-state index is 12.7. The van der Waals surface area contributed by atoms with Crippen molar-refractivity contribution in [2.45, 2.75) is 29.1 Å². The van der Waals surface area contributed by atoms with Gasteiger partial charge in [0.05, 0.1) is 10.1 Å². The summed E-state index contributed by atoms with van der Waals surface area (Å²) >= 11 is 1.33. The molecule has 3 rings (SSSR count). The van der Waals surface area contributed by atoms with E-state index in [4.69, 9.17) is 0 Å². The maximum Gasteiger partial charge on any atom is 0.242 e. The number of nitrogens with zero attached hydrogens (tertiary/aromatic N) is 3. The molecule has 0 aliphatic heterocycles. The standard InChI is InChI=1S/C21H24N4O3S2/c1-15-7-5-9-18(13-15)25-12-11-22-21(25)29-16(2)20(26)23-17-8-6-10-19(14-17)30(27,28)24(3)4/h5-14,16H,1-4H3,(H,23,26). The largest absolute Gasteiger partial charge is 0.325 e. The van der Waals surface area contributed by atoms with Gasteiger partial charge in [-0.15, -0.1) is 0 Å². The second-order valence-corrected chi connectivity index (χ2v) is 10.4. The number of nitrogens with one attached hydrogen (secondary N) is 1. The van der Waals surface area contributed by atoms with Gasteiger partial charge in [0, 0.05) is 37.9 Å². The van der Waals surface area contributed by atoms with E-state index in [-0.39, 0.29) is 10.8 Å². The molecule has 0 aliphatic carbocycles. The van der Waals surface area contributed by atoms with Gasteiger partial charge in [0.1, 0.15) is 0 Å². The Morgan fingerprint density at radius 3 is 2.60 bits per heavy atom. The van der Waals surface area contributed by atoms with Crippen molar-refractivity contribution in [1.82, 2.24) is 13.9 Å². The second-order valence-electron chi connectivity index (χ2n) is 6.98. The molecule has 1 aromatic heterocycles. The fourth-order valence-corrected chi connectivity index (χ4v) is 4.58. The van der Waals surface area contributed by atoms with Crippen LogP contribution < -0.4 is 5.32 Å². The molecule has 158 valence electrons. The minimum absolute atomic E-state index is 0.126. The van der Waals surface area contributed by atoms with E-state index < -0.39 is 15.3 Å². The molecule has 0 saturated heterocycles. The lowest BCUT2D eigenvalue weighted by Crippen LogP contribution is -2.24. The molecular weight excluding hydrogens is 420 g/mol. The molecule has 0 bridgehead atoms. The number of sulfonamides is 1. The normalized spacial score (nSPS) is 12.7. The summed E-state index contributed by atoms with van der Waals surface area (Å²) in [4.78, 5) is 17.2. The molecule has 3 aromatic rings. The van der Waals surface area contributed by atoms with Crippen LogP contribution in [0.25, 0.3) is 5.69 Å². The SMILES string of the molecule is Cc1cccc(-n2ccnc2SC(C)C(=O)Nc2cccc(S(=O)(=O)N(C)C)c2)c1. The molecule has 0 aliphatic rings. The van der Waals surface area contributed by atoms with Gasteiger partial charge in [0.15, 0.2) is 5.16 Å². The van der Waals surface area contributed by atoms with Crippen LogP contribution in [0.5, 0.6) is 0 Å². The topological polar surface area (TPSA) is 84.3 Å². The first-order valence-electron chi connectivity index (χ1n) is 9.29. The summed E-state index contributed by atoms with van der Waals surface area (Å²) in [5.74, 6) is -0.238. The van der Waals surface area contributed by atoms with Crippen molar-refractivity contribution in [3.8, 4) is 5.69 Å². The highest BCUT2D eigenvalue weighted by molar-refractivity contribution is 8.00. The molecule has 0 saturated carbocycles. The highest BCUT2D eigenvalue weighted by Crippen LogP contribution is 2.26. The zero-order valence-corrected chi connectivity index (χ0v) is 18.9. The molecule has 9 heteroatoms. The Morgan fingerprint density at radius 2 is 1.90 bits per heavy atom. The number of imidazole rings is 1. The molecule has 1 N–H and O–H groups in total.